The minimum Gasteiger partial charge on any atom is -0.497 e. The minimum atomic E-state index is -0.226. The zero-order valence-electron chi connectivity index (χ0n) is 17.7. The molecule has 2 N–H and O–H groups in total. The lowest BCUT2D eigenvalue weighted by Gasteiger charge is -2.19. The quantitative estimate of drug-likeness (QED) is 0.592. The van der Waals surface area contributed by atoms with Crippen molar-refractivity contribution >= 4 is 23.2 Å². The van der Waals surface area contributed by atoms with E-state index in [1.165, 1.54) is 5.56 Å². The highest BCUT2D eigenvalue weighted by Gasteiger charge is 2.14. The minimum absolute atomic E-state index is 0.0389. The molecule has 3 rings (SSSR count). The fourth-order valence-corrected chi connectivity index (χ4v) is 2.91. The molecule has 0 heterocycles. The average Bonchev–Trinajstić information content (AvgIpc) is 2.74. The number of methoxy groups -OCH3 is 1. The molecular weight excluding hydrogens is 376 g/mol. The first-order chi connectivity index (χ1) is 14.3. The van der Waals surface area contributed by atoms with Crippen LogP contribution >= 0.6 is 0 Å². The lowest BCUT2D eigenvalue weighted by molar-refractivity contribution is 0.102. The Morgan fingerprint density at radius 1 is 0.667 bits per heavy atom. The van der Waals surface area contributed by atoms with E-state index in [2.05, 4.69) is 31.4 Å². The monoisotopic (exact) mass is 402 g/mol. The maximum absolute atomic E-state index is 12.5. The summed E-state index contributed by atoms with van der Waals surface area (Å²) in [4.78, 5) is 24.9. The predicted molar refractivity (Wildman–Crippen MR) is 120 cm³/mol. The van der Waals surface area contributed by atoms with Crippen molar-refractivity contribution in [3.8, 4) is 5.75 Å². The van der Waals surface area contributed by atoms with Crippen molar-refractivity contribution in [1.82, 2.24) is 0 Å². The van der Waals surface area contributed by atoms with Crippen LogP contribution < -0.4 is 15.4 Å². The molecule has 0 radical (unpaired) electrons. The molecule has 0 bridgehead atoms. The first kappa shape index (κ1) is 21.1. The van der Waals surface area contributed by atoms with E-state index in [1.807, 2.05) is 24.3 Å². The van der Waals surface area contributed by atoms with E-state index in [0.29, 0.717) is 22.5 Å². The number of carbonyl (C=O) groups excluding carboxylic acids is 2. The van der Waals surface area contributed by atoms with Gasteiger partial charge in [0, 0.05) is 22.5 Å². The molecule has 154 valence electrons. The van der Waals surface area contributed by atoms with Gasteiger partial charge >= 0.3 is 0 Å². The van der Waals surface area contributed by atoms with Gasteiger partial charge in [-0.15, -0.1) is 0 Å². The second-order valence-corrected chi connectivity index (χ2v) is 8.04. The molecule has 5 nitrogen and oxygen atoms in total. The summed E-state index contributed by atoms with van der Waals surface area (Å²) in [6.45, 7) is 6.40. The van der Waals surface area contributed by atoms with Gasteiger partial charge in [0.15, 0.2) is 0 Å². The maximum Gasteiger partial charge on any atom is 0.255 e. The molecule has 0 unspecified atom stereocenters. The summed E-state index contributed by atoms with van der Waals surface area (Å²) in [5.41, 5.74) is 3.60. The Morgan fingerprint density at radius 2 is 1.07 bits per heavy atom. The van der Waals surface area contributed by atoms with Gasteiger partial charge < -0.3 is 15.4 Å². The summed E-state index contributed by atoms with van der Waals surface area (Å²) in [6, 6.07) is 21.5. The van der Waals surface area contributed by atoms with Crippen LogP contribution in [0.5, 0.6) is 5.75 Å². The molecule has 0 fully saturated rings. The van der Waals surface area contributed by atoms with Crippen LogP contribution in [0.3, 0.4) is 0 Å². The molecule has 0 aliphatic carbocycles. The van der Waals surface area contributed by atoms with Gasteiger partial charge in [-0.3, -0.25) is 9.59 Å². The Hall–Kier alpha value is -3.60. The van der Waals surface area contributed by atoms with Gasteiger partial charge in [0.05, 0.1) is 7.11 Å². The summed E-state index contributed by atoms with van der Waals surface area (Å²) in [6.07, 6.45) is 0. The van der Waals surface area contributed by atoms with Gasteiger partial charge in [0.25, 0.3) is 11.8 Å². The smallest absolute Gasteiger partial charge is 0.255 e. The summed E-state index contributed by atoms with van der Waals surface area (Å²) >= 11 is 0. The number of amides is 2. The van der Waals surface area contributed by atoms with Crippen LogP contribution in [-0.4, -0.2) is 18.9 Å². The van der Waals surface area contributed by atoms with E-state index in [1.54, 1.807) is 55.6 Å². The van der Waals surface area contributed by atoms with E-state index < -0.39 is 0 Å². The van der Waals surface area contributed by atoms with Crippen LogP contribution in [0.1, 0.15) is 47.1 Å². The SMILES string of the molecule is COc1ccc(NC(=O)c2ccc(NC(=O)c3ccc(C(C)(C)C)cc3)cc2)cc1. The Bertz CT molecular complexity index is 1020. The van der Waals surface area contributed by atoms with Crippen molar-refractivity contribution in [2.45, 2.75) is 26.2 Å². The highest BCUT2D eigenvalue weighted by Crippen LogP contribution is 2.22. The molecule has 0 spiro atoms. The number of ether oxygens (including phenoxy) is 1. The predicted octanol–water partition coefficient (Wildman–Crippen LogP) is 5.50. The molecule has 0 saturated carbocycles. The van der Waals surface area contributed by atoms with Crippen molar-refractivity contribution in [2.75, 3.05) is 17.7 Å². The molecule has 0 aromatic heterocycles. The van der Waals surface area contributed by atoms with Gasteiger partial charge in [-0.25, -0.2) is 0 Å². The van der Waals surface area contributed by atoms with E-state index in [4.69, 9.17) is 4.74 Å². The van der Waals surface area contributed by atoms with Crippen molar-refractivity contribution < 1.29 is 14.3 Å². The zero-order valence-corrected chi connectivity index (χ0v) is 17.7. The van der Waals surface area contributed by atoms with Crippen molar-refractivity contribution in [3.05, 3.63) is 89.5 Å². The summed E-state index contributed by atoms with van der Waals surface area (Å²) in [5, 5.41) is 5.69. The topological polar surface area (TPSA) is 67.4 Å². The highest BCUT2D eigenvalue weighted by atomic mass is 16.5. The standard InChI is InChI=1S/C25H26N2O3/c1-25(2,3)19-9-5-17(6-10-19)23(28)26-20-11-7-18(8-12-20)24(29)27-21-13-15-22(30-4)16-14-21/h5-16H,1-4H3,(H,26,28)(H,27,29). The first-order valence-corrected chi connectivity index (χ1v) is 9.73. The zero-order chi connectivity index (χ0) is 21.7. The van der Waals surface area contributed by atoms with Crippen molar-refractivity contribution in [3.63, 3.8) is 0 Å². The number of benzene rings is 3. The molecule has 0 saturated heterocycles. The van der Waals surface area contributed by atoms with Crippen LogP contribution in [0.4, 0.5) is 11.4 Å². The Kier molecular flexibility index (Phi) is 6.21. The average molecular weight is 402 g/mol. The van der Waals surface area contributed by atoms with Crippen molar-refractivity contribution in [2.24, 2.45) is 0 Å². The number of rotatable bonds is 5. The Labute approximate surface area is 177 Å². The van der Waals surface area contributed by atoms with E-state index >= 15 is 0 Å². The molecule has 5 heteroatoms. The van der Waals surface area contributed by atoms with E-state index in [9.17, 15) is 9.59 Å². The molecular formula is C25H26N2O3. The van der Waals surface area contributed by atoms with Crippen LogP contribution in [0.2, 0.25) is 0 Å². The third-order valence-electron chi connectivity index (χ3n) is 4.77. The number of hydrogen-bond acceptors (Lipinski definition) is 3. The maximum atomic E-state index is 12.5. The van der Waals surface area contributed by atoms with Gasteiger partial charge in [0.1, 0.15) is 5.75 Å². The summed E-state index contributed by atoms with van der Waals surface area (Å²) in [5.74, 6) is 0.308. The second kappa shape index (κ2) is 8.82. The molecule has 0 aliphatic heterocycles. The van der Waals surface area contributed by atoms with Crippen LogP contribution in [-0.2, 0) is 5.41 Å². The molecule has 0 aliphatic rings. The summed E-state index contributed by atoms with van der Waals surface area (Å²) < 4.78 is 5.11. The van der Waals surface area contributed by atoms with Crippen LogP contribution in [0, 0.1) is 0 Å². The molecule has 0 atom stereocenters. The van der Waals surface area contributed by atoms with Crippen LogP contribution in [0.25, 0.3) is 0 Å². The third-order valence-corrected chi connectivity index (χ3v) is 4.77. The molecule has 30 heavy (non-hydrogen) atoms. The highest BCUT2D eigenvalue weighted by molar-refractivity contribution is 6.06. The van der Waals surface area contributed by atoms with E-state index in [0.717, 1.165) is 5.75 Å². The number of carbonyl (C=O) groups is 2. The lowest BCUT2D eigenvalue weighted by Crippen LogP contribution is -2.15. The Balaban J connectivity index is 1.62. The fourth-order valence-electron chi connectivity index (χ4n) is 2.91. The number of nitrogens with one attached hydrogen (secondary N) is 2. The molecule has 3 aromatic carbocycles. The molecule has 3 aromatic rings. The molecule has 2 amide bonds. The van der Waals surface area contributed by atoms with Gasteiger partial charge in [-0.1, -0.05) is 32.9 Å². The van der Waals surface area contributed by atoms with E-state index in [-0.39, 0.29) is 17.2 Å². The largest absolute Gasteiger partial charge is 0.497 e. The van der Waals surface area contributed by atoms with Crippen molar-refractivity contribution in [1.29, 1.82) is 0 Å². The van der Waals surface area contributed by atoms with Gasteiger partial charge in [-0.05, 0) is 71.6 Å². The first-order valence-electron chi connectivity index (χ1n) is 9.73. The normalized spacial score (nSPS) is 10.9. The number of hydrogen-bond donors (Lipinski definition) is 2. The van der Waals surface area contributed by atoms with Crippen LogP contribution in [0.15, 0.2) is 72.8 Å². The fraction of sp³-hybridized carbons (Fsp3) is 0.200. The summed E-state index contributed by atoms with van der Waals surface area (Å²) in [7, 11) is 1.59. The third kappa shape index (κ3) is 5.26. The van der Waals surface area contributed by atoms with Gasteiger partial charge in [0.2, 0.25) is 0 Å². The lowest BCUT2D eigenvalue weighted by atomic mass is 9.87. The second-order valence-electron chi connectivity index (χ2n) is 8.04. The Morgan fingerprint density at radius 3 is 1.47 bits per heavy atom. The number of anilines is 2. The van der Waals surface area contributed by atoms with Gasteiger partial charge in [-0.2, -0.15) is 0 Å².